The van der Waals surface area contributed by atoms with Crippen LogP contribution in [0.1, 0.15) is 18.4 Å². The molecule has 5 rings (SSSR count). The molecule has 0 saturated heterocycles. The quantitative estimate of drug-likeness (QED) is 0.499. The van der Waals surface area contributed by atoms with Crippen molar-refractivity contribution in [2.45, 2.75) is 24.9 Å². The fourth-order valence-electron chi connectivity index (χ4n) is 4.06. The van der Waals surface area contributed by atoms with Crippen LogP contribution in [0.25, 0.3) is 0 Å². The molecule has 3 aromatic rings. The van der Waals surface area contributed by atoms with Crippen LogP contribution < -0.4 is 10.2 Å². The number of hydrogen-bond donors (Lipinski definition) is 1. The van der Waals surface area contributed by atoms with Gasteiger partial charge in [-0.3, -0.25) is 9.98 Å². The second-order valence-electron chi connectivity index (χ2n) is 8.01. The van der Waals surface area contributed by atoms with Crippen LogP contribution in [-0.4, -0.2) is 49.0 Å². The van der Waals surface area contributed by atoms with Crippen molar-refractivity contribution in [3.63, 3.8) is 0 Å². The Morgan fingerprint density at radius 1 is 0.914 bits per heavy atom. The number of aromatic nitrogens is 3. The molecule has 10 heteroatoms. The van der Waals surface area contributed by atoms with E-state index in [1.807, 2.05) is 60.7 Å². The van der Waals surface area contributed by atoms with E-state index in [1.165, 1.54) is 0 Å². The van der Waals surface area contributed by atoms with Gasteiger partial charge < -0.3 is 10.2 Å². The minimum atomic E-state index is -1.67. The highest BCUT2D eigenvalue weighted by Gasteiger charge is 2.40. The Morgan fingerprint density at radius 2 is 1.66 bits per heavy atom. The Labute approximate surface area is 206 Å². The second-order valence-corrected chi connectivity index (χ2v) is 8.84. The van der Waals surface area contributed by atoms with Gasteiger partial charge in [0.1, 0.15) is 22.9 Å². The molecule has 0 radical (unpaired) electrons. The number of allylic oxidation sites excluding steroid dienone is 1. The zero-order valence-electron chi connectivity index (χ0n) is 18.9. The van der Waals surface area contributed by atoms with Gasteiger partial charge in [-0.2, -0.15) is 4.40 Å². The SMILES string of the molecule is O=S1N=C(NCc2ccncc2)C(C2(CCCN(c3ccccn3)c3ccccn3)C=CC=N2)=N1. The molecule has 0 spiro atoms. The first-order valence-corrected chi connectivity index (χ1v) is 12.4. The Bertz CT molecular complexity index is 1240. The summed E-state index contributed by atoms with van der Waals surface area (Å²) in [6.07, 6.45) is 14.1. The predicted octanol–water partition coefficient (Wildman–Crippen LogP) is 3.39. The monoisotopic (exact) mass is 484 g/mol. The smallest absolute Gasteiger partial charge is 0.268 e. The Kier molecular flexibility index (Phi) is 6.80. The molecule has 2 unspecified atom stereocenters. The number of nitrogens with zero attached hydrogens (tertiary/aromatic N) is 7. The van der Waals surface area contributed by atoms with Crippen molar-refractivity contribution < 1.29 is 4.21 Å². The number of aliphatic imine (C=N–C) groups is 1. The van der Waals surface area contributed by atoms with Crippen molar-refractivity contribution in [1.82, 2.24) is 20.3 Å². The standard InChI is InChI=1S/C25H24N8OS/c34-35-31-23(24(32-35)29-19-20-9-16-26-17-10-20)25(11-5-15-30-25)12-6-18-33(21-7-1-3-13-27-21)22-8-2-4-14-28-22/h1-5,7-11,13-17H,6,12,18-19H2,(H,29,32). The summed E-state index contributed by atoms with van der Waals surface area (Å²) < 4.78 is 20.9. The summed E-state index contributed by atoms with van der Waals surface area (Å²) in [5.41, 5.74) is 0.911. The molecule has 3 aromatic heterocycles. The highest BCUT2D eigenvalue weighted by molar-refractivity contribution is 7.83. The summed E-state index contributed by atoms with van der Waals surface area (Å²) >= 11 is -1.67. The van der Waals surface area contributed by atoms with Gasteiger partial charge in [0.05, 0.1) is 0 Å². The molecular formula is C25H24N8OS. The molecule has 1 N–H and O–H groups in total. The van der Waals surface area contributed by atoms with Crippen molar-refractivity contribution in [2.24, 2.45) is 13.8 Å². The van der Waals surface area contributed by atoms with Crippen molar-refractivity contribution in [1.29, 1.82) is 0 Å². The average Bonchev–Trinajstić information content (AvgIpc) is 3.54. The number of anilines is 2. The van der Waals surface area contributed by atoms with Crippen LogP contribution in [0.2, 0.25) is 0 Å². The topological polar surface area (TPSA) is 108 Å². The number of rotatable bonds is 9. The number of amidine groups is 1. The van der Waals surface area contributed by atoms with E-state index in [0.717, 1.165) is 23.6 Å². The Hall–Kier alpha value is -4.05. The third-order valence-electron chi connectivity index (χ3n) is 5.74. The molecule has 5 heterocycles. The summed E-state index contributed by atoms with van der Waals surface area (Å²) in [7, 11) is 0. The molecule has 0 fully saturated rings. The maximum absolute atomic E-state index is 12.3. The number of pyridine rings is 3. The normalized spacial score (nSPS) is 20.5. The molecule has 176 valence electrons. The van der Waals surface area contributed by atoms with Crippen molar-refractivity contribution >= 4 is 40.6 Å². The van der Waals surface area contributed by atoms with Gasteiger partial charge in [-0.25, -0.2) is 14.2 Å². The van der Waals surface area contributed by atoms with E-state index in [2.05, 4.69) is 34.0 Å². The third kappa shape index (κ3) is 5.22. The van der Waals surface area contributed by atoms with Gasteiger partial charge in [0.25, 0.3) is 11.2 Å². The summed E-state index contributed by atoms with van der Waals surface area (Å²) in [5, 5.41) is 3.29. The van der Waals surface area contributed by atoms with Crippen LogP contribution >= 0.6 is 0 Å². The molecule has 0 aliphatic carbocycles. The van der Waals surface area contributed by atoms with E-state index in [1.54, 1.807) is 31.0 Å². The molecule has 35 heavy (non-hydrogen) atoms. The van der Waals surface area contributed by atoms with Crippen molar-refractivity contribution in [3.8, 4) is 0 Å². The van der Waals surface area contributed by atoms with Crippen LogP contribution in [0.4, 0.5) is 11.6 Å². The van der Waals surface area contributed by atoms with Gasteiger partial charge in [0, 0.05) is 44.1 Å². The van der Waals surface area contributed by atoms with Gasteiger partial charge in [-0.15, -0.1) is 4.40 Å². The van der Waals surface area contributed by atoms with Gasteiger partial charge in [0.15, 0.2) is 5.84 Å². The Balaban J connectivity index is 1.32. The molecule has 0 amide bonds. The fourth-order valence-corrected chi connectivity index (χ4v) is 4.81. The maximum atomic E-state index is 12.3. The van der Waals surface area contributed by atoms with E-state index in [4.69, 9.17) is 4.99 Å². The largest absolute Gasteiger partial charge is 0.364 e. The van der Waals surface area contributed by atoms with E-state index < -0.39 is 16.7 Å². The lowest BCUT2D eigenvalue weighted by atomic mass is 9.88. The molecule has 0 aromatic carbocycles. The molecule has 0 saturated carbocycles. The van der Waals surface area contributed by atoms with Gasteiger partial charge in [-0.05, 0) is 67.0 Å². The van der Waals surface area contributed by atoms with Crippen LogP contribution in [0, 0.1) is 0 Å². The first-order chi connectivity index (χ1) is 17.2. The predicted molar refractivity (Wildman–Crippen MR) is 139 cm³/mol. The first kappa shape index (κ1) is 22.7. The fraction of sp³-hybridized carbons (Fsp3) is 0.200. The minimum absolute atomic E-state index is 0.509. The van der Waals surface area contributed by atoms with Crippen LogP contribution in [0.5, 0.6) is 0 Å². The highest BCUT2D eigenvalue weighted by atomic mass is 32.2. The molecular weight excluding hydrogens is 460 g/mol. The van der Waals surface area contributed by atoms with Crippen LogP contribution in [0.15, 0.2) is 99.3 Å². The zero-order valence-corrected chi connectivity index (χ0v) is 19.8. The van der Waals surface area contributed by atoms with Gasteiger partial charge in [0.2, 0.25) is 0 Å². The minimum Gasteiger partial charge on any atom is -0.364 e. The van der Waals surface area contributed by atoms with Gasteiger partial charge >= 0.3 is 0 Å². The molecule has 2 aliphatic heterocycles. The van der Waals surface area contributed by atoms with Gasteiger partial charge in [-0.1, -0.05) is 12.1 Å². The third-order valence-corrected chi connectivity index (χ3v) is 6.41. The lowest BCUT2D eigenvalue weighted by Gasteiger charge is -2.28. The molecule has 2 aliphatic rings. The van der Waals surface area contributed by atoms with E-state index >= 15 is 0 Å². The lowest BCUT2D eigenvalue weighted by Crippen LogP contribution is -2.43. The van der Waals surface area contributed by atoms with Crippen molar-refractivity contribution in [2.75, 3.05) is 11.4 Å². The zero-order chi connectivity index (χ0) is 23.9. The Morgan fingerprint density at radius 3 is 2.29 bits per heavy atom. The maximum Gasteiger partial charge on any atom is 0.268 e. The summed E-state index contributed by atoms with van der Waals surface area (Å²) in [4.78, 5) is 19.9. The first-order valence-electron chi connectivity index (χ1n) is 11.3. The molecule has 0 bridgehead atoms. The number of nitrogens with one attached hydrogen (secondary N) is 1. The second kappa shape index (κ2) is 10.5. The van der Waals surface area contributed by atoms with E-state index in [9.17, 15) is 4.21 Å². The number of hydrogen-bond acceptors (Lipinski definition) is 7. The summed E-state index contributed by atoms with van der Waals surface area (Å²) in [5.74, 6) is 2.16. The summed E-state index contributed by atoms with van der Waals surface area (Å²) in [6.45, 7) is 1.20. The van der Waals surface area contributed by atoms with E-state index in [0.29, 0.717) is 31.1 Å². The van der Waals surface area contributed by atoms with Crippen LogP contribution in [0.3, 0.4) is 0 Å². The summed E-state index contributed by atoms with van der Waals surface area (Å²) in [6, 6.07) is 15.5. The lowest BCUT2D eigenvalue weighted by molar-refractivity contribution is 0.604. The van der Waals surface area contributed by atoms with Crippen LogP contribution in [-0.2, 0) is 17.7 Å². The molecule has 2 atom stereocenters. The van der Waals surface area contributed by atoms with E-state index in [-0.39, 0.29) is 0 Å². The molecule has 9 nitrogen and oxygen atoms in total. The average molecular weight is 485 g/mol. The van der Waals surface area contributed by atoms with Crippen molar-refractivity contribution in [3.05, 3.63) is 91.0 Å². The highest BCUT2D eigenvalue weighted by Crippen LogP contribution is 2.30.